The van der Waals surface area contributed by atoms with Gasteiger partial charge in [0.05, 0.1) is 23.7 Å². The predicted octanol–water partition coefficient (Wildman–Crippen LogP) is 5.42. The van der Waals surface area contributed by atoms with Crippen molar-refractivity contribution in [2.75, 3.05) is 12.0 Å². The van der Waals surface area contributed by atoms with Crippen molar-refractivity contribution in [3.8, 4) is 5.75 Å². The summed E-state index contributed by atoms with van der Waals surface area (Å²) in [6.45, 7) is 1.84. The Morgan fingerprint density at radius 1 is 1.06 bits per heavy atom. The number of amides is 1. The Balaban J connectivity index is 1.97. The molecule has 1 amide bonds. The molecule has 32 heavy (non-hydrogen) atoms. The second kappa shape index (κ2) is 8.48. The number of carbonyl (C=O) groups is 2. The van der Waals surface area contributed by atoms with Gasteiger partial charge in [0.15, 0.2) is 0 Å². The number of aryl methyl sites for hydroxylation is 1. The Morgan fingerprint density at radius 3 is 2.47 bits per heavy atom. The normalized spacial score (nSPS) is 17.6. The summed E-state index contributed by atoms with van der Waals surface area (Å²) in [5.41, 5.74) is 1.81. The van der Waals surface area contributed by atoms with Crippen LogP contribution in [0.5, 0.6) is 5.75 Å². The quantitative estimate of drug-likeness (QED) is 0.326. The number of benzene rings is 3. The van der Waals surface area contributed by atoms with Gasteiger partial charge in [0, 0.05) is 11.3 Å². The molecule has 0 aliphatic carbocycles. The molecular weight excluding hydrogens is 433 g/mol. The lowest BCUT2D eigenvalue weighted by molar-refractivity contribution is -0.132. The first-order valence-electron chi connectivity index (χ1n) is 9.79. The fourth-order valence-corrected chi connectivity index (χ4v) is 4.14. The molecule has 4 rings (SSSR count). The van der Waals surface area contributed by atoms with Gasteiger partial charge in [-0.05, 0) is 54.4 Å². The summed E-state index contributed by atoms with van der Waals surface area (Å²) >= 11 is 6.20. The molecule has 0 aromatic heterocycles. The molecule has 0 saturated carbocycles. The number of ether oxygens (including phenoxy) is 1. The van der Waals surface area contributed by atoms with Crippen LogP contribution in [0.3, 0.4) is 0 Å². The molecule has 1 unspecified atom stereocenters. The van der Waals surface area contributed by atoms with Crippen molar-refractivity contribution < 1.29 is 23.8 Å². The van der Waals surface area contributed by atoms with Gasteiger partial charge in [0.2, 0.25) is 0 Å². The van der Waals surface area contributed by atoms with Crippen LogP contribution in [0.15, 0.2) is 72.3 Å². The molecule has 0 spiro atoms. The van der Waals surface area contributed by atoms with E-state index in [2.05, 4.69) is 0 Å². The van der Waals surface area contributed by atoms with Gasteiger partial charge in [0.1, 0.15) is 17.3 Å². The van der Waals surface area contributed by atoms with Crippen LogP contribution in [0.25, 0.3) is 5.76 Å². The van der Waals surface area contributed by atoms with Crippen LogP contribution in [-0.4, -0.2) is 23.9 Å². The minimum absolute atomic E-state index is 0.102. The van der Waals surface area contributed by atoms with Crippen molar-refractivity contribution in [3.63, 3.8) is 0 Å². The summed E-state index contributed by atoms with van der Waals surface area (Å²) in [4.78, 5) is 27.4. The summed E-state index contributed by atoms with van der Waals surface area (Å²) in [5, 5.41) is 11.4. The van der Waals surface area contributed by atoms with Crippen LogP contribution in [0.1, 0.15) is 22.7 Å². The Kier molecular flexibility index (Phi) is 5.72. The first-order valence-corrected chi connectivity index (χ1v) is 10.2. The van der Waals surface area contributed by atoms with E-state index in [-0.39, 0.29) is 27.6 Å². The standard InChI is InChI=1S/C25H19ClFNO4/c1-14-6-3-4-9-18(14)22-21(23(29)15-10-11-20(32-2)19(26)12-15)24(30)25(31)28(22)17-8-5-7-16(27)13-17/h3-13,22,29H,1-2H3/b23-21+. The second-order valence-electron chi connectivity index (χ2n) is 7.35. The number of Topliss-reactive ketones (excluding diaryl/α,β-unsaturated/α-hetero) is 1. The molecule has 1 aliphatic heterocycles. The molecular formula is C25H19ClFNO4. The second-order valence-corrected chi connectivity index (χ2v) is 7.76. The Bertz CT molecular complexity index is 1270. The molecule has 7 heteroatoms. The fraction of sp³-hybridized carbons (Fsp3) is 0.120. The molecule has 1 heterocycles. The molecule has 1 fully saturated rings. The van der Waals surface area contributed by atoms with Gasteiger partial charge in [-0.25, -0.2) is 4.39 Å². The molecule has 1 aliphatic rings. The van der Waals surface area contributed by atoms with Crippen LogP contribution >= 0.6 is 11.6 Å². The zero-order valence-electron chi connectivity index (χ0n) is 17.3. The van der Waals surface area contributed by atoms with Crippen LogP contribution in [0.2, 0.25) is 5.02 Å². The minimum Gasteiger partial charge on any atom is -0.507 e. The Hall–Kier alpha value is -3.64. The van der Waals surface area contributed by atoms with E-state index in [1.165, 1.54) is 36.3 Å². The van der Waals surface area contributed by atoms with E-state index in [4.69, 9.17) is 16.3 Å². The van der Waals surface area contributed by atoms with Gasteiger partial charge in [-0.1, -0.05) is 41.9 Å². The van der Waals surface area contributed by atoms with E-state index in [0.29, 0.717) is 11.3 Å². The highest BCUT2D eigenvalue weighted by Gasteiger charge is 2.47. The molecule has 5 nitrogen and oxygen atoms in total. The molecule has 1 saturated heterocycles. The lowest BCUT2D eigenvalue weighted by Gasteiger charge is -2.26. The van der Waals surface area contributed by atoms with Gasteiger partial charge in [-0.15, -0.1) is 0 Å². The Morgan fingerprint density at radius 2 is 1.81 bits per heavy atom. The maximum Gasteiger partial charge on any atom is 0.300 e. The van der Waals surface area contributed by atoms with E-state index < -0.39 is 23.5 Å². The van der Waals surface area contributed by atoms with Gasteiger partial charge in [-0.2, -0.15) is 0 Å². The van der Waals surface area contributed by atoms with Gasteiger partial charge in [0.25, 0.3) is 11.7 Å². The number of aliphatic hydroxyl groups is 1. The third-order valence-electron chi connectivity index (χ3n) is 5.44. The average Bonchev–Trinajstić information content (AvgIpc) is 3.04. The summed E-state index contributed by atoms with van der Waals surface area (Å²) in [7, 11) is 1.46. The zero-order chi connectivity index (χ0) is 23.0. The van der Waals surface area contributed by atoms with Gasteiger partial charge >= 0.3 is 0 Å². The first-order chi connectivity index (χ1) is 15.3. The molecule has 3 aromatic rings. The number of hydrogen-bond acceptors (Lipinski definition) is 4. The zero-order valence-corrected chi connectivity index (χ0v) is 18.1. The van der Waals surface area contributed by atoms with Crippen LogP contribution < -0.4 is 9.64 Å². The van der Waals surface area contributed by atoms with Crippen molar-refractivity contribution >= 4 is 34.7 Å². The predicted molar refractivity (Wildman–Crippen MR) is 120 cm³/mol. The van der Waals surface area contributed by atoms with E-state index >= 15 is 0 Å². The van der Waals surface area contributed by atoms with Crippen molar-refractivity contribution in [2.24, 2.45) is 0 Å². The van der Waals surface area contributed by atoms with Crippen LogP contribution in [0, 0.1) is 12.7 Å². The topological polar surface area (TPSA) is 66.8 Å². The molecule has 3 aromatic carbocycles. The van der Waals surface area contributed by atoms with Crippen molar-refractivity contribution in [1.29, 1.82) is 0 Å². The smallest absolute Gasteiger partial charge is 0.300 e. The van der Waals surface area contributed by atoms with Crippen LogP contribution in [0.4, 0.5) is 10.1 Å². The molecule has 0 radical (unpaired) electrons. The number of rotatable bonds is 4. The highest BCUT2D eigenvalue weighted by Crippen LogP contribution is 2.43. The molecule has 0 bridgehead atoms. The number of aliphatic hydroxyl groups excluding tert-OH is 1. The molecule has 1 N–H and O–H groups in total. The molecule has 162 valence electrons. The molecule has 1 atom stereocenters. The highest BCUT2D eigenvalue weighted by molar-refractivity contribution is 6.51. The summed E-state index contributed by atoms with van der Waals surface area (Å²) in [5.74, 6) is -2.24. The number of halogens is 2. The van der Waals surface area contributed by atoms with Gasteiger partial charge < -0.3 is 9.84 Å². The number of ketones is 1. The first kappa shape index (κ1) is 21.6. The number of carbonyl (C=O) groups excluding carboxylic acids is 2. The third kappa shape index (κ3) is 3.63. The van der Waals surface area contributed by atoms with Gasteiger partial charge in [-0.3, -0.25) is 14.5 Å². The third-order valence-corrected chi connectivity index (χ3v) is 5.73. The lowest BCUT2D eigenvalue weighted by Crippen LogP contribution is -2.29. The number of anilines is 1. The highest BCUT2D eigenvalue weighted by atomic mass is 35.5. The summed E-state index contributed by atoms with van der Waals surface area (Å²) in [6.07, 6.45) is 0. The van der Waals surface area contributed by atoms with Crippen LogP contribution in [-0.2, 0) is 9.59 Å². The number of methoxy groups -OCH3 is 1. The Labute approximate surface area is 189 Å². The largest absolute Gasteiger partial charge is 0.507 e. The van der Waals surface area contributed by atoms with E-state index in [0.717, 1.165) is 5.56 Å². The average molecular weight is 452 g/mol. The van der Waals surface area contributed by atoms with Crippen molar-refractivity contribution in [1.82, 2.24) is 0 Å². The number of nitrogens with zero attached hydrogens (tertiary/aromatic N) is 1. The fourth-order valence-electron chi connectivity index (χ4n) is 3.88. The van der Waals surface area contributed by atoms with Crippen molar-refractivity contribution in [2.45, 2.75) is 13.0 Å². The maximum atomic E-state index is 14.0. The van der Waals surface area contributed by atoms with Crippen molar-refractivity contribution in [3.05, 3.63) is 99.8 Å². The van der Waals surface area contributed by atoms with E-state index in [9.17, 15) is 19.1 Å². The van der Waals surface area contributed by atoms with E-state index in [1.54, 1.807) is 30.3 Å². The summed E-state index contributed by atoms with van der Waals surface area (Å²) in [6, 6.07) is 16.3. The number of hydrogen-bond donors (Lipinski definition) is 1. The minimum atomic E-state index is -0.945. The van der Waals surface area contributed by atoms with E-state index in [1.807, 2.05) is 19.1 Å². The monoisotopic (exact) mass is 451 g/mol. The summed E-state index contributed by atoms with van der Waals surface area (Å²) < 4.78 is 19.1. The maximum absolute atomic E-state index is 14.0. The lowest BCUT2D eigenvalue weighted by atomic mass is 9.92. The SMILES string of the molecule is COc1ccc(/C(O)=C2\C(=O)C(=O)N(c3cccc(F)c3)C2c2ccccc2C)cc1Cl.